The summed E-state index contributed by atoms with van der Waals surface area (Å²) in [6.07, 6.45) is 1.54. The molecule has 1 saturated heterocycles. The quantitative estimate of drug-likeness (QED) is 0.689. The Hall–Kier alpha value is -2.76. The topological polar surface area (TPSA) is 58.2 Å². The first-order valence-corrected chi connectivity index (χ1v) is 9.65. The van der Waals surface area contributed by atoms with Gasteiger partial charge in [-0.25, -0.2) is 9.78 Å². The predicted octanol–water partition coefficient (Wildman–Crippen LogP) is 4.10. The minimum Gasteiger partial charge on any atom is -0.444 e. The van der Waals surface area contributed by atoms with Gasteiger partial charge in [0, 0.05) is 6.54 Å². The summed E-state index contributed by atoms with van der Waals surface area (Å²) in [5.41, 5.74) is 4.29. The Labute approximate surface area is 166 Å². The maximum absolute atomic E-state index is 12.6. The highest BCUT2D eigenvalue weighted by Crippen LogP contribution is 2.33. The van der Waals surface area contributed by atoms with Crippen molar-refractivity contribution in [1.29, 1.82) is 0 Å². The number of ether oxygens (including phenoxy) is 1. The number of imidazole rings is 1. The fourth-order valence-corrected chi connectivity index (χ4v) is 3.63. The summed E-state index contributed by atoms with van der Waals surface area (Å²) in [6, 6.07) is 13.9. The molecule has 4 rings (SSSR count). The van der Waals surface area contributed by atoms with Crippen LogP contribution in [-0.4, -0.2) is 41.0 Å². The van der Waals surface area contributed by atoms with Crippen LogP contribution in [0.3, 0.4) is 0 Å². The van der Waals surface area contributed by atoms with E-state index in [-0.39, 0.29) is 12.1 Å². The number of carbonyl (C=O) groups is 1. The first kappa shape index (κ1) is 18.6. The van der Waals surface area contributed by atoms with E-state index in [0.717, 1.165) is 46.3 Å². The van der Waals surface area contributed by atoms with Crippen LogP contribution in [-0.2, 0) is 4.74 Å². The smallest absolute Gasteiger partial charge is 0.410 e. The number of aromatic amines is 1. The second-order valence-electron chi connectivity index (χ2n) is 8.31. The molecule has 2 heterocycles. The molecule has 2 aromatic carbocycles. The van der Waals surface area contributed by atoms with Gasteiger partial charge in [0.25, 0.3) is 0 Å². The van der Waals surface area contributed by atoms with Gasteiger partial charge in [-0.2, -0.15) is 0 Å². The number of benzene rings is 2. The summed E-state index contributed by atoms with van der Waals surface area (Å²) in [7, 11) is 5.79. The van der Waals surface area contributed by atoms with Crippen LogP contribution in [0, 0.1) is 0 Å². The van der Waals surface area contributed by atoms with Crippen LogP contribution >= 0.6 is 0 Å². The van der Waals surface area contributed by atoms with Crippen molar-refractivity contribution in [3.63, 3.8) is 0 Å². The van der Waals surface area contributed by atoms with Gasteiger partial charge in [0.15, 0.2) is 0 Å². The van der Waals surface area contributed by atoms with Crippen LogP contribution in [0.5, 0.6) is 0 Å². The maximum Gasteiger partial charge on any atom is 0.410 e. The number of fused-ring (bicyclic) bond motifs is 1. The number of likely N-dealkylation sites (tertiary alicyclic amines) is 1. The third kappa shape index (κ3) is 3.77. The standard InChI is InChI=1S/C22H24BN3O2/c1-22(2,3)28-21(27)26-12-4-5-19(26)20-24-17-11-8-15(13-18(17)25-20)14-6-9-16(23)10-7-14/h6-11,13,19H,4-5,12H2,1-3H3,(H,24,25)/t19-/m0/s1. The highest BCUT2D eigenvalue weighted by atomic mass is 16.6. The number of H-pyrrole nitrogens is 1. The molecule has 142 valence electrons. The molecule has 1 aromatic heterocycles. The molecule has 28 heavy (non-hydrogen) atoms. The van der Waals surface area contributed by atoms with Gasteiger partial charge in [0.2, 0.25) is 0 Å². The number of amides is 1. The molecule has 2 radical (unpaired) electrons. The normalized spacial score (nSPS) is 17.2. The van der Waals surface area contributed by atoms with Gasteiger partial charge >= 0.3 is 6.09 Å². The molecule has 5 nitrogen and oxygen atoms in total. The lowest BCUT2D eigenvalue weighted by molar-refractivity contribution is 0.0219. The number of hydrogen-bond acceptors (Lipinski definition) is 3. The number of nitrogens with one attached hydrogen (secondary N) is 1. The van der Waals surface area contributed by atoms with E-state index in [9.17, 15) is 4.79 Å². The lowest BCUT2D eigenvalue weighted by atomic mass is 9.94. The molecule has 1 aliphatic rings. The molecule has 3 aromatic rings. The van der Waals surface area contributed by atoms with Crippen molar-refractivity contribution in [1.82, 2.24) is 14.9 Å². The average molecular weight is 373 g/mol. The van der Waals surface area contributed by atoms with E-state index in [2.05, 4.69) is 17.1 Å². The minimum atomic E-state index is -0.508. The van der Waals surface area contributed by atoms with E-state index >= 15 is 0 Å². The van der Waals surface area contributed by atoms with E-state index < -0.39 is 5.60 Å². The summed E-state index contributed by atoms with van der Waals surface area (Å²) in [4.78, 5) is 22.5. The number of nitrogens with zero attached hydrogens (tertiary/aromatic N) is 2. The van der Waals surface area contributed by atoms with E-state index in [1.165, 1.54) is 0 Å². The fourth-order valence-electron chi connectivity index (χ4n) is 3.63. The fraction of sp³-hybridized carbons (Fsp3) is 0.364. The predicted molar refractivity (Wildman–Crippen MR) is 112 cm³/mol. The zero-order chi connectivity index (χ0) is 19.9. The Morgan fingerprint density at radius 2 is 1.89 bits per heavy atom. The Kier molecular flexibility index (Phi) is 4.65. The summed E-state index contributed by atoms with van der Waals surface area (Å²) >= 11 is 0. The summed E-state index contributed by atoms with van der Waals surface area (Å²) in [5.74, 6) is 0.813. The Morgan fingerprint density at radius 3 is 2.61 bits per heavy atom. The van der Waals surface area contributed by atoms with Crippen molar-refractivity contribution in [2.75, 3.05) is 6.54 Å². The highest BCUT2D eigenvalue weighted by molar-refractivity contribution is 6.32. The van der Waals surface area contributed by atoms with Crippen molar-refractivity contribution in [2.24, 2.45) is 0 Å². The van der Waals surface area contributed by atoms with Crippen LogP contribution in [0.1, 0.15) is 45.5 Å². The third-order valence-corrected chi connectivity index (χ3v) is 4.94. The van der Waals surface area contributed by atoms with Gasteiger partial charge in [-0.05, 0) is 56.9 Å². The first-order chi connectivity index (χ1) is 13.3. The average Bonchev–Trinajstić information content (AvgIpc) is 3.27. The number of rotatable bonds is 2. The molecular weight excluding hydrogens is 349 g/mol. The largest absolute Gasteiger partial charge is 0.444 e. The molecule has 1 aliphatic heterocycles. The second kappa shape index (κ2) is 7.00. The molecule has 6 heteroatoms. The van der Waals surface area contributed by atoms with Crippen molar-refractivity contribution >= 4 is 30.4 Å². The van der Waals surface area contributed by atoms with Crippen LogP contribution < -0.4 is 5.46 Å². The summed E-state index contributed by atoms with van der Waals surface area (Å²) in [6.45, 7) is 6.34. The van der Waals surface area contributed by atoms with Crippen LogP contribution in [0.4, 0.5) is 4.79 Å². The second-order valence-corrected chi connectivity index (χ2v) is 8.31. The van der Waals surface area contributed by atoms with Crippen molar-refractivity contribution in [3.05, 3.63) is 48.3 Å². The summed E-state index contributed by atoms with van der Waals surface area (Å²) < 4.78 is 5.57. The van der Waals surface area contributed by atoms with E-state index in [0.29, 0.717) is 6.54 Å². The molecular formula is C22H24BN3O2. The van der Waals surface area contributed by atoms with Gasteiger partial charge in [-0.1, -0.05) is 35.8 Å². The molecule has 1 amide bonds. The molecule has 0 spiro atoms. The number of carbonyl (C=O) groups excluding carboxylic acids is 1. The van der Waals surface area contributed by atoms with Gasteiger partial charge in [-0.3, -0.25) is 4.90 Å². The Bertz CT molecular complexity index is 1000. The summed E-state index contributed by atoms with van der Waals surface area (Å²) in [5, 5.41) is 0. The molecule has 0 unspecified atom stereocenters. The maximum atomic E-state index is 12.6. The lowest BCUT2D eigenvalue weighted by Crippen LogP contribution is -2.36. The van der Waals surface area contributed by atoms with Gasteiger partial charge in [-0.15, -0.1) is 0 Å². The van der Waals surface area contributed by atoms with E-state index in [1.807, 2.05) is 51.1 Å². The van der Waals surface area contributed by atoms with Gasteiger partial charge < -0.3 is 9.72 Å². The third-order valence-electron chi connectivity index (χ3n) is 4.94. The lowest BCUT2D eigenvalue weighted by Gasteiger charge is -2.27. The molecule has 0 bridgehead atoms. The van der Waals surface area contributed by atoms with Crippen molar-refractivity contribution < 1.29 is 9.53 Å². The number of aromatic nitrogens is 2. The minimum absolute atomic E-state index is 0.0813. The molecule has 1 atom stereocenters. The molecule has 0 saturated carbocycles. The van der Waals surface area contributed by atoms with E-state index in [1.54, 1.807) is 4.90 Å². The van der Waals surface area contributed by atoms with Gasteiger partial charge in [0.1, 0.15) is 19.3 Å². The molecule has 1 fully saturated rings. The SMILES string of the molecule is [B]c1ccc(-c2ccc3nc([C@@H]4CCCN4C(=O)OC(C)(C)C)[nH]c3c2)cc1. The molecule has 1 N–H and O–H groups in total. The zero-order valence-electron chi connectivity index (χ0n) is 16.5. The Morgan fingerprint density at radius 1 is 1.18 bits per heavy atom. The van der Waals surface area contributed by atoms with Crippen LogP contribution in [0.25, 0.3) is 22.2 Å². The van der Waals surface area contributed by atoms with Crippen LogP contribution in [0.15, 0.2) is 42.5 Å². The van der Waals surface area contributed by atoms with Crippen molar-refractivity contribution in [3.8, 4) is 11.1 Å². The van der Waals surface area contributed by atoms with Crippen molar-refractivity contribution in [2.45, 2.75) is 45.3 Å². The Balaban J connectivity index is 1.62. The highest BCUT2D eigenvalue weighted by Gasteiger charge is 2.34. The van der Waals surface area contributed by atoms with Gasteiger partial charge in [0.05, 0.1) is 17.1 Å². The monoisotopic (exact) mass is 373 g/mol. The van der Waals surface area contributed by atoms with E-state index in [4.69, 9.17) is 17.6 Å². The van der Waals surface area contributed by atoms with Crippen LogP contribution in [0.2, 0.25) is 0 Å². The first-order valence-electron chi connectivity index (χ1n) is 9.65. The zero-order valence-corrected chi connectivity index (χ0v) is 16.5. The molecule has 0 aliphatic carbocycles. The number of hydrogen-bond donors (Lipinski definition) is 1.